The van der Waals surface area contributed by atoms with Crippen LogP contribution in [-0.4, -0.2) is 59.2 Å². The van der Waals surface area contributed by atoms with E-state index in [1.165, 1.54) is 5.69 Å². The van der Waals surface area contributed by atoms with E-state index in [2.05, 4.69) is 69.8 Å². The zero-order chi connectivity index (χ0) is 19.6. The maximum Gasteiger partial charge on any atom is 0.180 e. The Morgan fingerprint density at radius 3 is 2.72 bits per heavy atom. The third-order valence-corrected chi connectivity index (χ3v) is 5.23. The summed E-state index contributed by atoms with van der Waals surface area (Å²) in [4.78, 5) is 13.8. The number of likely N-dealkylation sites (N-methyl/N-ethyl adjacent to an activating group) is 1. The molecular formula is C22H24N6O. The van der Waals surface area contributed by atoms with Crippen LogP contribution in [0.15, 0.2) is 61.2 Å². The van der Waals surface area contributed by atoms with Gasteiger partial charge in [-0.05, 0) is 24.3 Å². The summed E-state index contributed by atoms with van der Waals surface area (Å²) in [5, 5.41) is 3.45. The summed E-state index contributed by atoms with van der Waals surface area (Å²) >= 11 is 0. The van der Waals surface area contributed by atoms with Gasteiger partial charge in [-0.2, -0.15) is 0 Å². The average Bonchev–Trinajstić information content (AvgIpc) is 3.24. The summed E-state index contributed by atoms with van der Waals surface area (Å²) in [5.74, 6) is 0.745. The number of nitrogens with zero attached hydrogens (tertiary/aromatic N) is 5. The van der Waals surface area contributed by atoms with E-state index in [-0.39, 0.29) is 0 Å². The zero-order valence-electron chi connectivity index (χ0n) is 16.5. The molecule has 1 N–H and O–H groups in total. The van der Waals surface area contributed by atoms with Gasteiger partial charge in [0.15, 0.2) is 11.5 Å². The average molecular weight is 388 g/mol. The molecule has 2 aromatic heterocycles. The molecule has 0 radical (unpaired) electrons. The van der Waals surface area contributed by atoms with E-state index in [1.54, 1.807) is 6.20 Å². The lowest BCUT2D eigenvalue weighted by molar-refractivity contribution is 0.122. The van der Waals surface area contributed by atoms with Crippen LogP contribution >= 0.6 is 0 Å². The van der Waals surface area contributed by atoms with Crippen molar-refractivity contribution in [3.63, 3.8) is 0 Å². The van der Waals surface area contributed by atoms with Crippen LogP contribution in [0.2, 0.25) is 0 Å². The predicted octanol–water partition coefficient (Wildman–Crippen LogP) is 3.15. The second kappa shape index (κ2) is 7.60. The van der Waals surface area contributed by atoms with Crippen molar-refractivity contribution < 1.29 is 4.74 Å². The number of morpholine rings is 1. The van der Waals surface area contributed by atoms with Crippen LogP contribution in [0.4, 0.5) is 17.2 Å². The molecule has 1 fully saturated rings. The van der Waals surface area contributed by atoms with Crippen molar-refractivity contribution >= 4 is 28.4 Å². The highest BCUT2D eigenvalue weighted by molar-refractivity contribution is 5.77. The third kappa shape index (κ3) is 3.69. The first-order valence-corrected chi connectivity index (χ1v) is 9.89. The van der Waals surface area contributed by atoms with Gasteiger partial charge in [0, 0.05) is 68.4 Å². The molecular weight excluding hydrogens is 364 g/mol. The number of nitrogens with one attached hydrogen (secondary N) is 1. The molecule has 2 aliphatic heterocycles. The first-order chi connectivity index (χ1) is 14.3. The monoisotopic (exact) mass is 388 g/mol. The van der Waals surface area contributed by atoms with E-state index in [4.69, 9.17) is 9.72 Å². The molecule has 0 aliphatic carbocycles. The van der Waals surface area contributed by atoms with Gasteiger partial charge in [0.05, 0.1) is 18.9 Å². The Labute approximate surface area is 169 Å². The van der Waals surface area contributed by atoms with Gasteiger partial charge in [0.1, 0.15) is 0 Å². The van der Waals surface area contributed by atoms with Crippen LogP contribution in [-0.2, 0) is 4.74 Å². The van der Waals surface area contributed by atoms with Gasteiger partial charge in [-0.1, -0.05) is 12.2 Å². The van der Waals surface area contributed by atoms with Crippen molar-refractivity contribution in [2.75, 3.05) is 50.1 Å². The molecule has 29 heavy (non-hydrogen) atoms. The van der Waals surface area contributed by atoms with Gasteiger partial charge >= 0.3 is 0 Å². The molecule has 4 heterocycles. The lowest BCUT2D eigenvalue weighted by atomic mass is 10.1. The third-order valence-electron chi connectivity index (χ3n) is 5.23. The maximum absolute atomic E-state index is 5.44. The number of hydrogen-bond donors (Lipinski definition) is 1. The Bertz CT molecular complexity index is 1060. The molecule has 7 heteroatoms. The fourth-order valence-corrected chi connectivity index (χ4v) is 3.70. The number of fused-ring (bicyclic) bond motifs is 1. The molecule has 2 aliphatic rings. The van der Waals surface area contributed by atoms with E-state index in [0.29, 0.717) is 0 Å². The van der Waals surface area contributed by atoms with Crippen molar-refractivity contribution in [3.05, 3.63) is 66.9 Å². The van der Waals surface area contributed by atoms with E-state index in [0.717, 1.165) is 61.3 Å². The second-order valence-electron chi connectivity index (χ2n) is 7.33. The van der Waals surface area contributed by atoms with E-state index >= 15 is 0 Å². The number of rotatable bonds is 4. The second-order valence-corrected chi connectivity index (χ2v) is 7.33. The minimum atomic E-state index is 0.745. The molecule has 1 saturated heterocycles. The summed E-state index contributed by atoms with van der Waals surface area (Å²) < 4.78 is 7.45. The summed E-state index contributed by atoms with van der Waals surface area (Å²) in [5.41, 5.74) is 5.00. The number of anilines is 3. The van der Waals surface area contributed by atoms with Crippen LogP contribution in [0.1, 0.15) is 5.69 Å². The summed E-state index contributed by atoms with van der Waals surface area (Å²) in [6.07, 6.45) is 12.1. The first-order valence-electron chi connectivity index (χ1n) is 9.89. The molecule has 3 aromatic rings. The Kier molecular flexibility index (Phi) is 4.65. The van der Waals surface area contributed by atoms with Crippen molar-refractivity contribution in [1.82, 2.24) is 19.3 Å². The van der Waals surface area contributed by atoms with E-state index < -0.39 is 0 Å². The van der Waals surface area contributed by atoms with E-state index in [9.17, 15) is 0 Å². The quantitative estimate of drug-likeness (QED) is 0.741. The van der Waals surface area contributed by atoms with Crippen molar-refractivity contribution in [1.29, 1.82) is 0 Å². The van der Waals surface area contributed by atoms with E-state index in [1.807, 2.05) is 16.8 Å². The Balaban J connectivity index is 1.44. The number of allylic oxidation sites excluding steroid dienone is 2. The molecule has 0 amide bonds. The highest BCUT2D eigenvalue weighted by atomic mass is 16.5. The van der Waals surface area contributed by atoms with Crippen molar-refractivity contribution in [3.8, 4) is 0 Å². The molecule has 0 saturated carbocycles. The molecule has 1 aromatic carbocycles. The molecule has 0 unspecified atom stereocenters. The van der Waals surface area contributed by atoms with Gasteiger partial charge in [0.2, 0.25) is 0 Å². The van der Waals surface area contributed by atoms with Gasteiger partial charge in [-0.3, -0.25) is 0 Å². The van der Waals surface area contributed by atoms with Crippen LogP contribution < -0.4 is 10.2 Å². The summed E-state index contributed by atoms with van der Waals surface area (Å²) in [6.45, 7) is 4.35. The Morgan fingerprint density at radius 1 is 1.10 bits per heavy atom. The molecule has 0 atom stereocenters. The highest BCUT2D eigenvalue weighted by Gasteiger charge is 2.13. The largest absolute Gasteiger partial charge is 0.378 e. The number of aromatic nitrogens is 3. The highest BCUT2D eigenvalue weighted by Crippen LogP contribution is 2.26. The molecule has 7 nitrogen and oxygen atoms in total. The summed E-state index contributed by atoms with van der Waals surface area (Å²) in [6, 6.07) is 8.46. The van der Waals surface area contributed by atoms with Crippen LogP contribution in [0, 0.1) is 0 Å². The molecule has 0 bridgehead atoms. The normalized spacial score (nSPS) is 16.9. The van der Waals surface area contributed by atoms with Gasteiger partial charge in [0.25, 0.3) is 0 Å². The number of ether oxygens (including phenoxy) is 1. The fraction of sp³-hybridized carbons (Fsp3) is 0.273. The first kappa shape index (κ1) is 17.8. The minimum absolute atomic E-state index is 0.745. The van der Waals surface area contributed by atoms with Crippen molar-refractivity contribution in [2.24, 2.45) is 0 Å². The minimum Gasteiger partial charge on any atom is -0.378 e. The standard InChI is InChI=1S/C22H24N6O/c1-26-9-2-3-17(15-26)20-16-28-10-8-23-22(28)21(25-20)24-18-4-6-19(7-5-18)27-11-13-29-14-12-27/h2-8,10,15-16H,9,11-14H2,1H3,(H,24,25). The number of imidazole rings is 1. The molecule has 148 valence electrons. The lowest BCUT2D eigenvalue weighted by Crippen LogP contribution is -2.36. The Hall–Kier alpha value is -3.32. The lowest BCUT2D eigenvalue weighted by Gasteiger charge is -2.28. The number of benzene rings is 1. The fourth-order valence-electron chi connectivity index (χ4n) is 3.70. The SMILES string of the molecule is CN1C=C(c2cn3ccnc3c(Nc3ccc(N4CCOCC4)cc3)n2)C=CC1. The van der Waals surface area contributed by atoms with Crippen LogP contribution in [0.25, 0.3) is 11.2 Å². The smallest absolute Gasteiger partial charge is 0.180 e. The molecule has 0 spiro atoms. The van der Waals surface area contributed by atoms with Crippen molar-refractivity contribution in [2.45, 2.75) is 0 Å². The predicted molar refractivity (Wildman–Crippen MR) is 115 cm³/mol. The van der Waals surface area contributed by atoms with Gasteiger partial charge in [-0.15, -0.1) is 0 Å². The zero-order valence-corrected chi connectivity index (χ0v) is 16.5. The maximum atomic E-state index is 5.44. The van der Waals surface area contributed by atoms with Crippen LogP contribution in [0.5, 0.6) is 0 Å². The van der Waals surface area contributed by atoms with Gasteiger partial charge < -0.3 is 24.3 Å². The number of hydrogen-bond acceptors (Lipinski definition) is 6. The van der Waals surface area contributed by atoms with Gasteiger partial charge in [-0.25, -0.2) is 9.97 Å². The Morgan fingerprint density at radius 2 is 1.93 bits per heavy atom. The van der Waals surface area contributed by atoms with Crippen LogP contribution in [0.3, 0.4) is 0 Å². The summed E-state index contributed by atoms with van der Waals surface area (Å²) in [7, 11) is 2.06. The topological polar surface area (TPSA) is 57.9 Å². The molecule has 5 rings (SSSR count).